The van der Waals surface area contributed by atoms with Crippen LogP contribution in [0.3, 0.4) is 0 Å². The van der Waals surface area contributed by atoms with Crippen LogP contribution in [0.2, 0.25) is 0 Å². The van der Waals surface area contributed by atoms with Gasteiger partial charge in [0.05, 0.1) is 35.5 Å². The molecule has 7 rings (SSSR count). The fraction of sp³-hybridized carbons (Fsp3) is 0.370. The van der Waals surface area contributed by atoms with E-state index >= 15 is 0 Å². The third-order valence-electron chi connectivity index (χ3n) is 10.1. The fourth-order valence-electron chi connectivity index (χ4n) is 7.21. The number of hydrogen-bond acceptors (Lipinski definition) is 5. The van der Waals surface area contributed by atoms with Crippen molar-refractivity contribution in [1.82, 2.24) is 0 Å². The van der Waals surface area contributed by atoms with Crippen molar-refractivity contribution in [1.29, 1.82) is 10.5 Å². The van der Waals surface area contributed by atoms with E-state index in [1.807, 2.05) is 26.8 Å². The highest BCUT2D eigenvalue weighted by molar-refractivity contribution is 5.94. The largest absolute Gasteiger partial charge is 0.492 e. The van der Waals surface area contributed by atoms with Gasteiger partial charge in [-0.1, -0.05) is 75.9 Å². The van der Waals surface area contributed by atoms with Crippen molar-refractivity contribution in [3.05, 3.63) is 112 Å². The summed E-state index contributed by atoms with van der Waals surface area (Å²) in [6.45, 7) is 11.3. The van der Waals surface area contributed by atoms with Gasteiger partial charge in [0.2, 0.25) is 5.91 Å². The zero-order valence-corrected chi connectivity index (χ0v) is 32.7. The van der Waals surface area contributed by atoms with Crippen molar-refractivity contribution in [3.63, 3.8) is 0 Å². The molecule has 0 spiro atoms. The standard InChI is InChI=1S/C23H21F3N2.C21H20F2N2O2.C2H6/c1-14(16-9-10-16)28-22-11-20(18-3-2-4-19(18)21(22)13-27)17-7-5-15(6-8-17)12-23(24,25)26;1-3-4-19(26)25-18-11-16(20-15(9-10-27-20)17(18)12-24)13-5-7-14(8-6-13)21(2,22)23;1-2/h5-8,11,16,28H,1-4,9-10,12H2;5-8,11H,3-4,9-10H2,1-2H3,(H,25,26);1-2H3. The predicted molar refractivity (Wildman–Crippen MR) is 214 cm³/mol. The lowest BCUT2D eigenvalue weighted by Crippen LogP contribution is -2.12. The first-order valence-electron chi connectivity index (χ1n) is 19.4. The Morgan fingerprint density at radius 1 is 0.825 bits per heavy atom. The minimum absolute atomic E-state index is 0.0751. The Balaban J connectivity index is 0.000000209. The number of nitrogens with zero attached hydrogens (tertiary/aromatic N) is 2. The minimum Gasteiger partial charge on any atom is -0.492 e. The number of carbonyl (C=O) groups excluding carboxylic acids is 1. The van der Waals surface area contributed by atoms with Crippen molar-refractivity contribution < 1.29 is 31.5 Å². The molecule has 1 saturated carbocycles. The van der Waals surface area contributed by atoms with E-state index in [9.17, 15) is 37.3 Å². The number of allylic oxidation sites excluding steroid dienone is 1. The third kappa shape index (κ3) is 10.2. The quantitative estimate of drug-likeness (QED) is 0.156. The van der Waals surface area contributed by atoms with E-state index in [1.54, 1.807) is 42.5 Å². The van der Waals surface area contributed by atoms with E-state index < -0.39 is 18.5 Å². The number of alkyl halides is 5. The van der Waals surface area contributed by atoms with Crippen molar-refractivity contribution in [2.24, 2.45) is 5.92 Å². The van der Waals surface area contributed by atoms with E-state index in [-0.39, 0.29) is 17.0 Å². The SMILES string of the molecule is C=C(Nc1cc(-c2ccc(CC(F)(F)F)cc2)c2c(c1C#N)CCC2)C1CC1.CC.CCCC(=O)Nc1cc(-c2ccc(C(C)(F)F)cc2)c2c(c1C#N)CCO2. The van der Waals surface area contributed by atoms with Gasteiger partial charge in [0.15, 0.2) is 0 Å². The van der Waals surface area contributed by atoms with Gasteiger partial charge in [0.1, 0.15) is 17.9 Å². The number of carbonyl (C=O) groups is 1. The van der Waals surface area contributed by atoms with Gasteiger partial charge in [0.25, 0.3) is 5.92 Å². The number of rotatable bonds is 10. The number of benzene rings is 4. The molecule has 1 amide bonds. The lowest BCUT2D eigenvalue weighted by atomic mass is 9.91. The maximum absolute atomic E-state index is 13.5. The van der Waals surface area contributed by atoms with Crippen LogP contribution in [-0.2, 0) is 36.4 Å². The molecule has 1 aliphatic heterocycles. The monoisotopic (exact) mass is 782 g/mol. The van der Waals surface area contributed by atoms with Crippen molar-refractivity contribution in [2.45, 2.75) is 97.6 Å². The first kappa shape index (κ1) is 42.5. The normalized spacial score (nSPS) is 13.9. The number of nitriles is 2. The van der Waals surface area contributed by atoms with E-state index in [4.69, 9.17) is 4.74 Å². The molecule has 3 aliphatic rings. The molecule has 298 valence electrons. The first-order chi connectivity index (χ1) is 27.2. The summed E-state index contributed by atoms with van der Waals surface area (Å²) in [4.78, 5) is 12.0. The predicted octanol–water partition coefficient (Wildman–Crippen LogP) is 12.2. The molecule has 0 radical (unpaired) electrons. The molecule has 0 saturated heterocycles. The van der Waals surface area contributed by atoms with Gasteiger partial charge >= 0.3 is 6.18 Å². The van der Waals surface area contributed by atoms with Crippen LogP contribution in [0, 0.1) is 28.6 Å². The molecule has 2 aliphatic carbocycles. The zero-order chi connectivity index (χ0) is 41.5. The van der Waals surface area contributed by atoms with Crippen molar-refractivity contribution >= 4 is 17.3 Å². The van der Waals surface area contributed by atoms with Gasteiger partial charge in [-0.2, -0.15) is 23.7 Å². The summed E-state index contributed by atoms with van der Waals surface area (Å²) < 4.78 is 70.6. The van der Waals surface area contributed by atoms with E-state index in [0.717, 1.165) is 78.2 Å². The Morgan fingerprint density at radius 2 is 1.39 bits per heavy atom. The van der Waals surface area contributed by atoms with Crippen LogP contribution in [0.15, 0.2) is 72.9 Å². The summed E-state index contributed by atoms with van der Waals surface area (Å²) in [7, 11) is 0. The number of fused-ring (bicyclic) bond motifs is 2. The molecule has 0 atom stereocenters. The van der Waals surface area contributed by atoms with Crippen molar-refractivity contribution in [3.8, 4) is 40.1 Å². The number of amides is 1. The number of halogens is 5. The summed E-state index contributed by atoms with van der Waals surface area (Å²) in [6, 6.07) is 20.7. The van der Waals surface area contributed by atoms with Crippen molar-refractivity contribution in [2.75, 3.05) is 17.2 Å². The van der Waals surface area contributed by atoms with Gasteiger partial charge in [-0.05, 0) is 90.0 Å². The van der Waals surface area contributed by atoms with E-state index in [2.05, 4.69) is 29.4 Å². The van der Waals surface area contributed by atoms with Gasteiger partial charge in [-0.3, -0.25) is 4.79 Å². The molecule has 0 aromatic heterocycles. The zero-order valence-electron chi connectivity index (χ0n) is 32.7. The van der Waals surface area contributed by atoms with Gasteiger partial charge in [0, 0.05) is 42.2 Å². The minimum atomic E-state index is -4.21. The summed E-state index contributed by atoms with van der Waals surface area (Å²) in [5, 5.41) is 25.4. The van der Waals surface area contributed by atoms with Crippen LogP contribution in [0.5, 0.6) is 5.75 Å². The van der Waals surface area contributed by atoms with E-state index in [0.29, 0.717) is 65.5 Å². The van der Waals surface area contributed by atoms with Crippen LogP contribution >= 0.6 is 0 Å². The Morgan fingerprint density at radius 3 is 1.96 bits per heavy atom. The average Bonchev–Trinajstić information content (AvgIpc) is 3.72. The molecule has 0 bridgehead atoms. The van der Waals surface area contributed by atoms with Gasteiger partial charge in [-0.15, -0.1) is 0 Å². The average molecular weight is 783 g/mol. The molecule has 4 aromatic carbocycles. The molecule has 1 heterocycles. The molecule has 1 fully saturated rings. The molecular formula is C46H47F5N4O2. The second kappa shape index (κ2) is 18.1. The smallest absolute Gasteiger partial charge is 0.393 e. The topological polar surface area (TPSA) is 97.9 Å². The number of anilines is 2. The Bertz CT molecular complexity index is 2190. The Hall–Kier alpha value is -5.68. The fourth-order valence-corrected chi connectivity index (χ4v) is 7.21. The van der Waals surface area contributed by atoms with Crippen LogP contribution in [-0.4, -0.2) is 18.7 Å². The number of ether oxygens (including phenoxy) is 1. The Kier molecular flexibility index (Phi) is 13.5. The third-order valence-corrected chi connectivity index (χ3v) is 10.1. The van der Waals surface area contributed by atoms with Crippen LogP contribution in [0.25, 0.3) is 22.3 Å². The highest BCUT2D eigenvalue weighted by Crippen LogP contribution is 2.44. The number of nitrogens with one attached hydrogen (secondary N) is 2. The van der Waals surface area contributed by atoms with Crippen LogP contribution in [0.1, 0.15) is 98.7 Å². The van der Waals surface area contributed by atoms with Gasteiger partial charge in [-0.25, -0.2) is 8.78 Å². The molecular weight excluding hydrogens is 736 g/mol. The molecule has 11 heteroatoms. The first-order valence-corrected chi connectivity index (χ1v) is 19.4. The summed E-state index contributed by atoms with van der Waals surface area (Å²) in [5.41, 5.74) is 9.56. The summed E-state index contributed by atoms with van der Waals surface area (Å²) >= 11 is 0. The lowest BCUT2D eigenvalue weighted by Gasteiger charge is -2.17. The maximum atomic E-state index is 13.5. The van der Waals surface area contributed by atoms with E-state index in [1.165, 1.54) is 12.1 Å². The molecule has 2 N–H and O–H groups in total. The Labute approximate surface area is 331 Å². The molecule has 6 nitrogen and oxygen atoms in total. The second-order valence-electron chi connectivity index (χ2n) is 14.3. The van der Waals surface area contributed by atoms with Gasteiger partial charge < -0.3 is 15.4 Å². The van der Waals surface area contributed by atoms with Crippen LogP contribution < -0.4 is 15.4 Å². The second-order valence-corrected chi connectivity index (χ2v) is 14.3. The lowest BCUT2D eigenvalue weighted by molar-refractivity contribution is -0.127. The summed E-state index contributed by atoms with van der Waals surface area (Å²) in [6.07, 6.45) is 1.43. The summed E-state index contributed by atoms with van der Waals surface area (Å²) in [5.74, 6) is -2.04. The highest BCUT2D eigenvalue weighted by Gasteiger charge is 2.30. The molecule has 0 unspecified atom stereocenters. The van der Waals surface area contributed by atoms with Crippen LogP contribution in [0.4, 0.5) is 33.3 Å². The highest BCUT2D eigenvalue weighted by atomic mass is 19.4. The number of hydrogen-bond donors (Lipinski definition) is 2. The maximum Gasteiger partial charge on any atom is 0.393 e. The molecule has 4 aromatic rings. The molecule has 57 heavy (non-hydrogen) atoms.